The number of hydrogen-bond acceptors (Lipinski definition) is 1. The van der Waals surface area contributed by atoms with E-state index in [0.717, 1.165) is 35.0 Å². The fraction of sp³-hybridized carbons (Fsp3) is 0.235. The van der Waals surface area contributed by atoms with Crippen molar-refractivity contribution in [3.05, 3.63) is 64.6 Å². The summed E-state index contributed by atoms with van der Waals surface area (Å²) in [5, 5.41) is 3.07. The molecule has 0 saturated heterocycles. The van der Waals surface area contributed by atoms with E-state index in [-0.39, 0.29) is 11.3 Å². The Labute approximate surface area is 127 Å². The molecule has 3 rings (SSSR count). The van der Waals surface area contributed by atoms with Crippen molar-refractivity contribution in [1.82, 2.24) is 0 Å². The third-order valence-corrected chi connectivity index (χ3v) is 4.78. The van der Waals surface area contributed by atoms with Gasteiger partial charge in [-0.15, -0.1) is 0 Å². The van der Waals surface area contributed by atoms with E-state index < -0.39 is 0 Å². The van der Waals surface area contributed by atoms with Crippen LogP contribution in [0.5, 0.6) is 0 Å². The number of carbonyl (C=O) groups is 1. The number of nitrogens with one attached hydrogen (secondary N) is 1. The second-order valence-corrected chi connectivity index (χ2v) is 6.09. The molecule has 1 aliphatic rings. The Hall–Kier alpha value is -1.61. The standard InChI is InChI=1S/C17H16BrNO/c18-14-9-4-5-10-15(14)19-16(20)17(11-6-12-17)13-7-2-1-3-8-13/h1-5,7-10H,6,11-12H2,(H,19,20). The Balaban J connectivity index is 1.87. The highest BCUT2D eigenvalue weighted by Crippen LogP contribution is 2.44. The maximum absolute atomic E-state index is 12.7. The highest BCUT2D eigenvalue weighted by Gasteiger charge is 2.45. The summed E-state index contributed by atoms with van der Waals surface area (Å²) in [5.74, 6) is 0.0989. The van der Waals surface area contributed by atoms with Crippen molar-refractivity contribution in [1.29, 1.82) is 0 Å². The summed E-state index contributed by atoms with van der Waals surface area (Å²) in [4.78, 5) is 12.7. The third-order valence-electron chi connectivity index (χ3n) is 4.09. The number of hydrogen-bond donors (Lipinski definition) is 1. The van der Waals surface area contributed by atoms with E-state index in [0.29, 0.717) is 0 Å². The number of benzene rings is 2. The first-order valence-electron chi connectivity index (χ1n) is 6.84. The maximum Gasteiger partial charge on any atom is 0.235 e. The molecular formula is C17H16BrNO. The molecule has 0 heterocycles. The van der Waals surface area contributed by atoms with Crippen molar-refractivity contribution in [3.8, 4) is 0 Å². The van der Waals surface area contributed by atoms with Gasteiger partial charge in [0, 0.05) is 4.47 Å². The molecule has 20 heavy (non-hydrogen) atoms. The summed E-state index contributed by atoms with van der Waals surface area (Å²) in [6.45, 7) is 0. The van der Waals surface area contributed by atoms with E-state index in [4.69, 9.17) is 0 Å². The van der Waals surface area contributed by atoms with Crippen LogP contribution in [0.25, 0.3) is 0 Å². The maximum atomic E-state index is 12.7. The first-order valence-corrected chi connectivity index (χ1v) is 7.63. The molecule has 1 saturated carbocycles. The molecule has 1 fully saturated rings. The normalized spacial score (nSPS) is 16.2. The highest BCUT2D eigenvalue weighted by atomic mass is 79.9. The van der Waals surface area contributed by atoms with Gasteiger partial charge >= 0.3 is 0 Å². The lowest BCUT2D eigenvalue weighted by Crippen LogP contribution is -2.46. The van der Waals surface area contributed by atoms with E-state index >= 15 is 0 Å². The van der Waals surface area contributed by atoms with Gasteiger partial charge in [-0.25, -0.2) is 0 Å². The van der Waals surface area contributed by atoms with Crippen LogP contribution in [0.3, 0.4) is 0 Å². The van der Waals surface area contributed by atoms with E-state index in [9.17, 15) is 4.79 Å². The van der Waals surface area contributed by atoms with Crippen molar-refractivity contribution >= 4 is 27.5 Å². The van der Waals surface area contributed by atoms with Crippen molar-refractivity contribution < 1.29 is 4.79 Å². The number of carbonyl (C=O) groups excluding carboxylic acids is 1. The molecule has 2 nitrogen and oxygen atoms in total. The molecule has 0 atom stereocenters. The zero-order valence-corrected chi connectivity index (χ0v) is 12.7. The van der Waals surface area contributed by atoms with Crippen LogP contribution in [0.15, 0.2) is 59.1 Å². The zero-order valence-electron chi connectivity index (χ0n) is 11.1. The van der Waals surface area contributed by atoms with Crippen LogP contribution >= 0.6 is 15.9 Å². The highest BCUT2D eigenvalue weighted by molar-refractivity contribution is 9.10. The van der Waals surface area contributed by atoms with E-state index in [1.807, 2.05) is 42.5 Å². The minimum absolute atomic E-state index is 0.0989. The van der Waals surface area contributed by atoms with Crippen LogP contribution < -0.4 is 5.32 Å². The molecule has 2 aromatic rings. The summed E-state index contributed by atoms with van der Waals surface area (Å²) < 4.78 is 0.913. The van der Waals surface area contributed by atoms with Gasteiger partial charge in [0.2, 0.25) is 5.91 Å². The number of halogens is 1. The van der Waals surface area contributed by atoms with Crippen LogP contribution in [-0.4, -0.2) is 5.91 Å². The quantitative estimate of drug-likeness (QED) is 0.881. The first kappa shape index (κ1) is 13.4. The minimum atomic E-state index is -0.351. The van der Waals surface area contributed by atoms with E-state index in [1.54, 1.807) is 0 Å². The Morgan fingerprint density at radius 3 is 2.25 bits per heavy atom. The smallest absolute Gasteiger partial charge is 0.235 e. The van der Waals surface area contributed by atoms with Gasteiger partial charge in [0.1, 0.15) is 0 Å². The fourth-order valence-electron chi connectivity index (χ4n) is 2.74. The molecule has 0 bridgehead atoms. The van der Waals surface area contributed by atoms with E-state index in [2.05, 4.69) is 33.4 Å². The lowest BCUT2D eigenvalue weighted by Gasteiger charge is -2.40. The molecule has 0 aliphatic heterocycles. The number of para-hydroxylation sites is 1. The van der Waals surface area contributed by atoms with Gasteiger partial charge in [-0.1, -0.05) is 48.9 Å². The molecule has 0 radical (unpaired) electrons. The van der Waals surface area contributed by atoms with Crippen LogP contribution in [0.2, 0.25) is 0 Å². The lowest BCUT2D eigenvalue weighted by molar-refractivity contribution is -0.124. The molecule has 3 heteroatoms. The second kappa shape index (κ2) is 5.41. The predicted octanol–water partition coefficient (Wildman–Crippen LogP) is 4.51. The SMILES string of the molecule is O=C(Nc1ccccc1Br)C1(c2ccccc2)CCC1. The monoisotopic (exact) mass is 329 g/mol. The zero-order chi connectivity index (χ0) is 14.0. The van der Waals surface area contributed by atoms with Gasteiger partial charge < -0.3 is 5.32 Å². The van der Waals surface area contributed by atoms with Crippen LogP contribution in [-0.2, 0) is 10.2 Å². The van der Waals surface area contributed by atoms with Gasteiger partial charge in [-0.05, 0) is 46.5 Å². The molecular weight excluding hydrogens is 314 g/mol. The van der Waals surface area contributed by atoms with Gasteiger partial charge in [0.15, 0.2) is 0 Å². The van der Waals surface area contributed by atoms with Gasteiger partial charge in [0.25, 0.3) is 0 Å². The van der Waals surface area contributed by atoms with Crippen molar-refractivity contribution in [3.63, 3.8) is 0 Å². The Kier molecular flexibility index (Phi) is 3.62. The molecule has 1 N–H and O–H groups in total. The summed E-state index contributed by atoms with van der Waals surface area (Å²) in [6.07, 6.45) is 2.96. The van der Waals surface area contributed by atoms with Gasteiger partial charge in [-0.2, -0.15) is 0 Å². The first-order chi connectivity index (χ1) is 9.72. The average molecular weight is 330 g/mol. The van der Waals surface area contributed by atoms with Crippen LogP contribution in [0.4, 0.5) is 5.69 Å². The second-order valence-electron chi connectivity index (χ2n) is 5.24. The molecule has 2 aromatic carbocycles. The lowest BCUT2D eigenvalue weighted by atomic mass is 9.64. The van der Waals surface area contributed by atoms with Crippen molar-refractivity contribution in [2.75, 3.05) is 5.32 Å². The number of amides is 1. The molecule has 102 valence electrons. The van der Waals surface area contributed by atoms with Crippen LogP contribution in [0, 0.1) is 0 Å². The molecule has 0 unspecified atom stereocenters. The van der Waals surface area contributed by atoms with Crippen molar-refractivity contribution in [2.45, 2.75) is 24.7 Å². The summed E-state index contributed by atoms with van der Waals surface area (Å²) in [7, 11) is 0. The number of anilines is 1. The average Bonchev–Trinajstić information content (AvgIpc) is 2.41. The third kappa shape index (κ3) is 2.27. The van der Waals surface area contributed by atoms with Gasteiger partial charge in [-0.3, -0.25) is 4.79 Å². The summed E-state index contributed by atoms with van der Waals surface area (Å²) in [6, 6.07) is 17.8. The molecule has 0 spiro atoms. The predicted molar refractivity (Wildman–Crippen MR) is 84.7 cm³/mol. The number of rotatable bonds is 3. The van der Waals surface area contributed by atoms with E-state index in [1.165, 1.54) is 0 Å². The molecule has 1 amide bonds. The van der Waals surface area contributed by atoms with Crippen LogP contribution in [0.1, 0.15) is 24.8 Å². The minimum Gasteiger partial charge on any atom is -0.324 e. The summed E-state index contributed by atoms with van der Waals surface area (Å²) in [5.41, 5.74) is 1.60. The van der Waals surface area contributed by atoms with Gasteiger partial charge in [0.05, 0.1) is 11.1 Å². The Morgan fingerprint density at radius 1 is 1.00 bits per heavy atom. The molecule has 1 aliphatic carbocycles. The Bertz CT molecular complexity index is 620. The largest absolute Gasteiger partial charge is 0.324 e. The Morgan fingerprint density at radius 2 is 1.65 bits per heavy atom. The topological polar surface area (TPSA) is 29.1 Å². The molecule has 0 aromatic heterocycles. The fourth-order valence-corrected chi connectivity index (χ4v) is 3.12. The summed E-state index contributed by atoms with van der Waals surface area (Å²) >= 11 is 3.47. The van der Waals surface area contributed by atoms with Crippen molar-refractivity contribution in [2.24, 2.45) is 0 Å².